The molecular weight excluding hydrogens is 296 g/mol. The van der Waals surface area contributed by atoms with Crippen molar-refractivity contribution in [2.24, 2.45) is 0 Å². The van der Waals surface area contributed by atoms with Crippen molar-refractivity contribution in [1.29, 1.82) is 0 Å². The molecular formula is C13H15ClN4OS. The number of carbonyl (C=O) groups is 1. The molecule has 0 unspecified atom stereocenters. The minimum atomic E-state index is 0.146. The van der Waals surface area contributed by atoms with Crippen LogP contribution in [0.1, 0.15) is 19.8 Å². The highest BCUT2D eigenvalue weighted by Crippen LogP contribution is 2.31. The number of hydrogen-bond donors (Lipinski definition) is 1. The molecule has 1 aliphatic rings. The van der Waals surface area contributed by atoms with Gasteiger partial charge in [-0.3, -0.25) is 4.79 Å². The van der Waals surface area contributed by atoms with Crippen LogP contribution in [0.25, 0.3) is 11.0 Å². The van der Waals surface area contributed by atoms with Crippen molar-refractivity contribution in [2.45, 2.75) is 25.8 Å². The molecule has 1 aromatic carbocycles. The van der Waals surface area contributed by atoms with Crippen LogP contribution < -0.4 is 5.32 Å². The number of aromatic nitrogens is 2. The molecule has 0 aliphatic carbocycles. The number of anilines is 1. The molecule has 0 saturated carbocycles. The number of piperidine rings is 1. The van der Waals surface area contributed by atoms with Crippen LogP contribution in [-0.4, -0.2) is 38.7 Å². The number of rotatable bonds is 2. The standard InChI is InChI=1S/C13H15ClN4OS/c1-8(19)18-6-4-9(5-7-18)15-12-10(14)2-3-11-13(12)17-20-16-11/h2-3,9,15H,4-7H2,1H3. The van der Waals surface area contributed by atoms with E-state index in [0.717, 1.165) is 42.7 Å². The molecule has 1 saturated heterocycles. The summed E-state index contributed by atoms with van der Waals surface area (Å²) in [7, 11) is 0. The van der Waals surface area contributed by atoms with Gasteiger partial charge in [-0.05, 0) is 25.0 Å². The second kappa shape index (κ2) is 5.54. The Labute approximate surface area is 126 Å². The Bertz CT molecular complexity index is 636. The van der Waals surface area contributed by atoms with Crippen molar-refractivity contribution in [2.75, 3.05) is 18.4 Å². The van der Waals surface area contributed by atoms with Gasteiger partial charge < -0.3 is 10.2 Å². The van der Waals surface area contributed by atoms with E-state index in [9.17, 15) is 4.79 Å². The quantitative estimate of drug-likeness (QED) is 0.926. The number of nitrogens with zero attached hydrogens (tertiary/aromatic N) is 3. The maximum Gasteiger partial charge on any atom is 0.219 e. The summed E-state index contributed by atoms with van der Waals surface area (Å²) in [5.74, 6) is 0.146. The number of amides is 1. The number of nitrogens with one attached hydrogen (secondary N) is 1. The first kappa shape index (κ1) is 13.6. The molecule has 3 rings (SSSR count). The first-order valence-corrected chi connectivity index (χ1v) is 7.69. The second-order valence-electron chi connectivity index (χ2n) is 4.98. The molecule has 1 aliphatic heterocycles. The Morgan fingerprint density at radius 1 is 1.40 bits per heavy atom. The van der Waals surface area contributed by atoms with E-state index >= 15 is 0 Å². The average Bonchev–Trinajstić information content (AvgIpc) is 2.91. The van der Waals surface area contributed by atoms with Crippen LogP contribution in [0.3, 0.4) is 0 Å². The normalized spacial score (nSPS) is 16.6. The second-order valence-corrected chi connectivity index (χ2v) is 5.91. The summed E-state index contributed by atoms with van der Waals surface area (Å²) in [5, 5.41) is 4.14. The molecule has 0 bridgehead atoms. The van der Waals surface area contributed by atoms with Gasteiger partial charge in [0, 0.05) is 26.1 Å². The summed E-state index contributed by atoms with van der Waals surface area (Å²) in [5.41, 5.74) is 2.55. The van der Waals surface area contributed by atoms with Gasteiger partial charge in [0.25, 0.3) is 0 Å². The van der Waals surface area contributed by atoms with E-state index in [0.29, 0.717) is 11.1 Å². The lowest BCUT2D eigenvalue weighted by molar-refractivity contribution is -0.129. The van der Waals surface area contributed by atoms with Crippen LogP contribution in [0.4, 0.5) is 5.69 Å². The van der Waals surface area contributed by atoms with Crippen LogP contribution in [0.5, 0.6) is 0 Å². The molecule has 1 fully saturated rings. The fourth-order valence-corrected chi connectivity index (χ4v) is 3.26. The van der Waals surface area contributed by atoms with E-state index in [2.05, 4.69) is 14.1 Å². The number of carbonyl (C=O) groups excluding carboxylic acids is 1. The van der Waals surface area contributed by atoms with Gasteiger partial charge in [0.2, 0.25) is 5.91 Å². The molecule has 7 heteroatoms. The molecule has 1 aromatic heterocycles. The van der Waals surface area contributed by atoms with Gasteiger partial charge in [0.1, 0.15) is 11.0 Å². The van der Waals surface area contributed by atoms with Crippen molar-refractivity contribution >= 4 is 46.0 Å². The molecule has 1 amide bonds. The molecule has 5 nitrogen and oxygen atoms in total. The minimum Gasteiger partial charge on any atom is -0.379 e. The zero-order valence-electron chi connectivity index (χ0n) is 11.1. The lowest BCUT2D eigenvalue weighted by atomic mass is 10.0. The number of hydrogen-bond acceptors (Lipinski definition) is 5. The SMILES string of the molecule is CC(=O)N1CCC(Nc2c(Cl)ccc3nsnc23)CC1. The summed E-state index contributed by atoms with van der Waals surface area (Å²) in [6.07, 6.45) is 1.84. The van der Waals surface area contributed by atoms with E-state index in [1.54, 1.807) is 6.92 Å². The predicted octanol–water partition coefficient (Wildman–Crippen LogP) is 2.77. The average molecular weight is 311 g/mol. The molecule has 1 N–H and O–H groups in total. The van der Waals surface area contributed by atoms with E-state index in [4.69, 9.17) is 11.6 Å². The first-order chi connectivity index (χ1) is 9.65. The van der Waals surface area contributed by atoms with E-state index in [1.165, 1.54) is 11.7 Å². The third-order valence-corrected chi connectivity index (χ3v) is 4.52. The molecule has 0 spiro atoms. The number of fused-ring (bicyclic) bond motifs is 1. The lowest BCUT2D eigenvalue weighted by Gasteiger charge is -2.32. The fourth-order valence-electron chi connectivity index (χ4n) is 2.51. The predicted molar refractivity (Wildman–Crippen MR) is 81.3 cm³/mol. The van der Waals surface area contributed by atoms with Gasteiger partial charge in [0.05, 0.1) is 22.4 Å². The molecule has 2 aromatic rings. The Morgan fingerprint density at radius 2 is 2.15 bits per heavy atom. The summed E-state index contributed by atoms with van der Waals surface area (Å²) < 4.78 is 8.54. The van der Waals surface area contributed by atoms with Crippen molar-refractivity contribution in [3.63, 3.8) is 0 Å². The van der Waals surface area contributed by atoms with Gasteiger partial charge in [-0.1, -0.05) is 11.6 Å². The summed E-state index contributed by atoms with van der Waals surface area (Å²) in [6.45, 7) is 3.19. The van der Waals surface area contributed by atoms with Crippen LogP contribution in [-0.2, 0) is 4.79 Å². The highest BCUT2D eigenvalue weighted by molar-refractivity contribution is 7.00. The number of benzene rings is 1. The largest absolute Gasteiger partial charge is 0.379 e. The zero-order valence-corrected chi connectivity index (χ0v) is 12.7. The molecule has 0 radical (unpaired) electrons. The molecule has 20 heavy (non-hydrogen) atoms. The Morgan fingerprint density at radius 3 is 2.85 bits per heavy atom. The summed E-state index contributed by atoms with van der Waals surface area (Å²) in [4.78, 5) is 13.2. The molecule has 0 atom stereocenters. The van der Waals surface area contributed by atoms with Crippen LogP contribution >= 0.6 is 23.3 Å². The van der Waals surface area contributed by atoms with Crippen LogP contribution in [0.2, 0.25) is 5.02 Å². The molecule has 2 heterocycles. The van der Waals surface area contributed by atoms with E-state index in [1.807, 2.05) is 17.0 Å². The van der Waals surface area contributed by atoms with Gasteiger partial charge >= 0.3 is 0 Å². The lowest BCUT2D eigenvalue weighted by Crippen LogP contribution is -2.41. The smallest absolute Gasteiger partial charge is 0.219 e. The van der Waals surface area contributed by atoms with E-state index < -0.39 is 0 Å². The monoisotopic (exact) mass is 310 g/mol. The zero-order chi connectivity index (χ0) is 14.1. The number of likely N-dealkylation sites (tertiary alicyclic amines) is 1. The minimum absolute atomic E-state index is 0.146. The third-order valence-electron chi connectivity index (χ3n) is 3.67. The fraction of sp³-hybridized carbons (Fsp3) is 0.462. The van der Waals surface area contributed by atoms with Crippen LogP contribution in [0.15, 0.2) is 12.1 Å². The maximum atomic E-state index is 11.3. The highest BCUT2D eigenvalue weighted by atomic mass is 35.5. The summed E-state index contributed by atoms with van der Waals surface area (Å²) in [6, 6.07) is 4.04. The van der Waals surface area contributed by atoms with Gasteiger partial charge in [-0.15, -0.1) is 0 Å². The van der Waals surface area contributed by atoms with Crippen LogP contribution in [0, 0.1) is 0 Å². The summed E-state index contributed by atoms with van der Waals surface area (Å²) >= 11 is 7.46. The van der Waals surface area contributed by atoms with Crippen molar-refractivity contribution in [3.05, 3.63) is 17.2 Å². The van der Waals surface area contributed by atoms with E-state index in [-0.39, 0.29) is 5.91 Å². The van der Waals surface area contributed by atoms with Crippen molar-refractivity contribution < 1.29 is 4.79 Å². The topological polar surface area (TPSA) is 58.1 Å². The molecule has 106 valence electrons. The Kier molecular flexibility index (Phi) is 3.76. The Balaban J connectivity index is 1.76. The van der Waals surface area contributed by atoms with Gasteiger partial charge in [0.15, 0.2) is 0 Å². The highest BCUT2D eigenvalue weighted by Gasteiger charge is 2.22. The van der Waals surface area contributed by atoms with Crippen molar-refractivity contribution in [3.8, 4) is 0 Å². The van der Waals surface area contributed by atoms with Gasteiger partial charge in [-0.2, -0.15) is 8.75 Å². The maximum absolute atomic E-state index is 11.3. The Hall–Kier alpha value is -1.40. The first-order valence-electron chi connectivity index (χ1n) is 6.58. The van der Waals surface area contributed by atoms with Crippen molar-refractivity contribution in [1.82, 2.24) is 13.6 Å². The van der Waals surface area contributed by atoms with Gasteiger partial charge in [-0.25, -0.2) is 0 Å². The third kappa shape index (κ3) is 2.58. The number of halogens is 1.